The lowest BCUT2D eigenvalue weighted by Crippen LogP contribution is -2.07. The molecule has 0 aliphatic rings. The van der Waals surface area contributed by atoms with E-state index in [2.05, 4.69) is 4.98 Å². The third-order valence-corrected chi connectivity index (χ3v) is 2.28. The first-order valence-corrected chi connectivity index (χ1v) is 4.61. The van der Waals surface area contributed by atoms with E-state index in [1.165, 1.54) is 0 Å². The van der Waals surface area contributed by atoms with Gasteiger partial charge in [0, 0.05) is 26.3 Å². The molecule has 14 heavy (non-hydrogen) atoms. The van der Waals surface area contributed by atoms with Gasteiger partial charge in [-0.2, -0.15) is 0 Å². The lowest BCUT2D eigenvalue weighted by atomic mass is 10.2. The smallest absolute Gasteiger partial charge is 0.198 e. The summed E-state index contributed by atoms with van der Waals surface area (Å²) in [5.41, 5.74) is 7.19. The third kappa shape index (κ3) is 2.39. The molecule has 1 heterocycles. The number of H-pyrrole nitrogens is 1. The molecule has 4 nitrogen and oxygen atoms in total. The van der Waals surface area contributed by atoms with Crippen LogP contribution in [0.3, 0.4) is 0 Å². The maximum absolute atomic E-state index is 5.49. The molecule has 0 saturated heterocycles. The van der Waals surface area contributed by atoms with E-state index in [-0.39, 0.29) is 0 Å². The highest BCUT2D eigenvalue weighted by atomic mass is 32.1. The van der Waals surface area contributed by atoms with Crippen LogP contribution in [-0.4, -0.2) is 19.2 Å². The Morgan fingerprint density at radius 3 is 2.50 bits per heavy atom. The largest absolute Gasteiger partial charge is 0.350 e. The molecule has 1 rings (SSSR count). The molecule has 5 heteroatoms. The molecule has 0 aromatic carbocycles. The Morgan fingerprint density at radius 2 is 2.07 bits per heavy atom. The summed E-state index contributed by atoms with van der Waals surface area (Å²) < 4.78 is 10.8. The van der Waals surface area contributed by atoms with Crippen molar-refractivity contribution in [2.75, 3.05) is 14.2 Å². The molecule has 1 aromatic heterocycles. The first-order chi connectivity index (χ1) is 6.72. The number of hydrogen-bond donors (Lipinski definition) is 2. The molecule has 0 amide bonds. The van der Waals surface area contributed by atoms with E-state index in [4.69, 9.17) is 27.4 Å². The number of ether oxygens (including phenoxy) is 2. The summed E-state index contributed by atoms with van der Waals surface area (Å²) in [6.07, 6.45) is -0.413. The topological polar surface area (TPSA) is 60.3 Å². The molecule has 78 valence electrons. The van der Waals surface area contributed by atoms with Crippen LogP contribution in [0.4, 0.5) is 0 Å². The summed E-state index contributed by atoms with van der Waals surface area (Å²) >= 11 is 5.11. The van der Waals surface area contributed by atoms with Gasteiger partial charge in [0.15, 0.2) is 6.29 Å². The van der Waals surface area contributed by atoms with Crippen molar-refractivity contribution in [1.82, 2.24) is 4.98 Å². The molecule has 0 aliphatic carbocycles. The second-order valence-electron chi connectivity index (χ2n) is 2.78. The highest BCUT2D eigenvalue weighted by Gasteiger charge is 2.09. The van der Waals surface area contributed by atoms with Gasteiger partial charge in [-0.05, 0) is 6.07 Å². The van der Waals surface area contributed by atoms with Gasteiger partial charge in [-0.1, -0.05) is 18.3 Å². The van der Waals surface area contributed by atoms with Crippen LogP contribution in [0, 0.1) is 4.64 Å². The molecule has 0 bridgehead atoms. The maximum Gasteiger partial charge on any atom is 0.198 e. The molecule has 3 N–H and O–H groups in total. The lowest BCUT2D eigenvalue weighted by molar-refractivity contribution is -0.108. The van der Waals surface area contributed by atoms with Crippen LogP contribution in [0.15, 0.2) is 12.1 Å². The Kier molecular flexibility index (Phi) is 4.21. The number of hydrogen-bond acceptors (Lipinski definition) is 4. The summed E-state index contributed by atoms with van der Waals surface area (Å²) in [5.74, 6) is 0. The SMILES string of the molecule is COC(OC)c1ccc(CN)c(=S)[nH]1. The molecule has 0 radical (unpaired) electrons. The summed E-state index contributed by atoms with van der Waals surface area (Å²) in [6, 6.07) is 3.73. The minimum atomic E-state index is -0.413. The van der Waals surface area contributed by atoms with Gasteiger partial charge in [0.2, 0.25) is 0 Å². The van der Waals surface area contributed by atoms with Gasteiger partial charge < -0.3 is 20.2 Å². The summed E-state index contributed by atoms with van der Waals surface area (Å²) in [4.78, 5) is 3.01. The molecule has 0 saturated carbocycles. The Labute approximate surface area is 88.0 Å². The van der Waals surface area contributed by atoms with Gasteiger partial charge in [-0.25, -0.2) is 0 Å². The van der Waals surface area contributed by atoms with Crippen molar-refractivity contribution < 1.29 is 9.47 Å². The quantitative estimate of drug-likeness (QED) is 0.589. The standard InChI is InChI=1S/C9H14N2O2S/c1-12-9(13-2)7-4-3-6(5-10)8(14)11-7/h3-4,9H,5,10H2,1-2H3,(H,11,14). The Bertz CT molecular complexity index is 347. The molecule has 0 unspecified atom stereocenters. The molecule has 0 spiro atoms. The van der Waals surface area contributed by atoms with E-state index < -0.39 is 6.29 Å². The number of methoxy groups -OCH3 is 2. The minimum absolute atomic E-state index is 0.413. The van der Waals surface area contributed by atoms with Crippen LogP contribution >= 0.6 is 12.2 Å². The van der Waals surface area contributed by atoms with Gasteiger partial charge in [-0.3, -0.25) is 0 Å². The first kappa shape index (κ1) is 11.3. The number of rotatable bonds is 4. The van der Waals surface area contributed by atoms with E-state index in [0.717, 1.165) is 11.3 Å². The van der Waals surface area contributed by atoms with Crippen LogP contribution in [0.2, 0.25) is 0 Å². The lowest BCUT2D eigenvalue weighted by Gasteiger charge is -2.13. The predicted molar refractivity (Wildman–Crippen MR) is 56.3 cm³/mol. The molecular weight excluding hydrogens is 200 g/mol. The van der Waals surface area contributed by atoms with Crippen LogP contribution < -0.4 is 5.73 Å². The van der Waals surface area contributed by atoms with Gasteiger partial charge in [0.1, 0.15) is 4.64 Å². The van der Waals surface area contributed by atoms with E-state index in [9.17, 15) is 0 Å². The molecule has 1 aromatic rings. The fraction of sp³-hybridized carbons (Fsp3) is 0.444. The fourth-order valence-electron chi connectivity index (χ4n) is 1.17. The zero-order chi connectivity index (χ0) is 10.6. The average Bonchev–Trinajstić information content (AvgIpc) is 2.20. The molecule has 0 aliphatic heterocycles. The van der Waals surface area contributed by atoms with Crippen LogP contribution in [0.5, 0.6) is 0 Å². The van der Waals surface area contributed by atoms with Crippen LogP contribution in [0.25, 0.3) is 0 Å². The highest BCUT2D eigenvalue weighted by Crippen LogP contribution is 2.15. The maximum atomic E-state index is 5.49. The Hall–Kier alpha value is -0.750. The Balaban J connectivity index is 3.01. The van der Waals surface area contributed by atoms with Crippen LogP contribution in [0.1, 0.15) is 17.5 Å². The average molecular weight is 214 g/mol. The molecule has 0 atom stereocenters. The van der Waals surface area contributed by atoms with Gasteiger partial charge in [0.25, 0.3) is 0 Å². The first-order valence-electron chi connectivity index (χ1n) is 4.20. The van der Waals surface area contributed by atoms with E-state index >= 15 is 0 Å². The van der Waals surface area contributed by atoms with Crippen molar-refractivity contribution in [2.24, 2.45) is 5.73 Å². The molecular formula is C9H14N2O2S. The number of aromatic nitrogens is 1. The number of aromatic amines is 1. The summed E-state index contributed by atoms with van der Waals surface area (Å²) in [7, 11) is 3.14. The van der Waals surface area contributed by atoms with Crippen LogP contribution in [-0.2, 0) is 16.0 Å². The molecule has 0 fully saturated rings. The van der Waals surface area contributed by atoms with Crippen molar-refractivity contribution in [3.05, 3.63) is 28.0 Å². The highest BCUT2D eigenvalue weighted by molar-refractivity contribution is 7.71. The monoisotopic (exact) mass is 214 g/mol. The number of nitrogens with one attached hydrogen (secondary N) is 1. The van der Waals surface area contributed by atoms with Crippen molar-refractivity contribution in [3.63, 3.8) is 0 Å². The zero-order valence-corrected chi connectivity index (χ0v) is 9.06. The second kappa shape index (κ2) is 5.21. The van der Waals surface area contributed by atoms with E-state index in [0.29, 0.717) is 11.2 Å². The van der Waals surface area contributed by atoms with Crippen molar-refractivity contribution in [2.45, 2.75) is 12.8 Å². The second-order valence-corrected chi connectivity index (χ2v) is 3.18. The van der Waals surface area contributed by atoms with Crippen molar-refractivity contribution in [3.8, 4) is 0 Å². The number of pyridine rings is 1. The van der Waals surface area contributed by atoms with Gasteiger partial charge in [0.05, 0.1) is 5.69 Å². The van der Waals surface area contributed by atoms with E-state index in [1.54, 1.807) is 14.2 Å². The Morgan fingerprint density at radius 1 is 1.43 bits per heavy atom. The van der Waals surface area contributed by atoms with Crippen molar-refractivity contribution in [1.29, 1.82) is 0 Å². The van der Waals surface area contributed by atoms with Gasteiger partial charge in [-0.15, -0.1) is 0 Å². The third-order valence-electron chi connectivity index (χ3n) is 1.92. The predicted octanol–water partition coefficient (Wildman–Crippen LogP) is 1.49. The normalized spacial score (nSPS) is 10.9. The number of nitrogens with two attached hydrogens (primary N) is 1. The summed E-state index contributed by atoms with van der Waals surface area (Å²) in [6.45, 7) is 0.431. The van der Waals surface area contributed by atoms with Gasteiger partial charge >= 0.3 is 0 Å². The zero-order valence-electron chi connectivity index (χ0n) is 8.24. The van der Waals surface area contributed by atoms with Crippen molar-refractivity contribution >= 4 is 12.2 Å². The summed E-state index contributed by atoms with van der Waals surface area (Å²) in [5, 5.41) is 0. The van der Waals surface area contributed by atoms with E-state index in [1.807, 2.05) is 12.1 Å². The fourth-order valence-corrected chi connectivity index (χ4v) is 1.44. The minimum Gasteiger partial charge on any atom is -0.350 e.